The number of carbonyl (C=O) groups excluding carboxylic acids is 1. The van der Waals surface area contributed by atoms with E-state index in [4.69, 9.17) is 4.74 Å². The second kappa shape index (κ2) is 15.5. The maximum Gasteiger partial charge on any atom is 1.00 e. The zero-order chi connectivity index (χ0) is 26.3. The van der Waals surface area contributed by atoms with Crippen molar-refractivity contribution in [3.05, 3.63) is 43.9 Å². The number of aromatic nitrogens is 1. The minimum atomic E-state index is -4.28. The average Bonchev–Trinajstić information content (AvgIpc) is 3.41. The molecule has 1 N–H and O–H groups in total. The molecule has 1 aromatic heterocycles. The molecular formula is C28H40F3KN2O2S-2. The summed E-state index contributed by atoms with van der Waals surface area (Å²) in [6.45, 7) is 12.2. The van der Waals surface area contributed by atoms with Crippen molar-refractivity contribution in [3.63, 3.8) is 0 Å². The number of Topliss-reactive ketones (excluding diaryl/α,β-unsaturated/α-hetero) is 1. The van der Waals surface area contributed by atoms with Crippen LogP contribution in [-0.4, -0.2) is 47.6 Å². The van der Waals surface area contributed by atoms with E-state index in [-0.39, 0.29) is 62.7 Å². The Labute approximate surface area is 267 Å². The van der Waals surface area contributed by atoms with Gasteiger partial charge in [0.2, 0.25) is 0 Å². The summed E-state index contributed by atoms with van der Waals surface area (Å²) >= 11 is 1.91. The van der Waals surface area contributed by atoms with Crippen molar-refractivity contribution in [3.8, 4) is 0 Å². The molecule has 37 heavy (non-hydrogen) atoms. The molecule has 4 rings (SSSR count). The van der Waals surface area contributed by atoms with E-state index < -0.39 is 11.7 Å². The quantitative estimate of drug-likeness (QED) is 0.388. The minimum Gasteiger partial charge on any atom is -0.394 e. The van der Waals surface area contributed by atoms with Crippen LogP contribution in [0.4, 0.5) is 13.2 Å². The van der Waals surface area contributed by atoms with E-state index in [1.165, 1.54) is 19.3 Å². The van der Waals surface area contributed by atoms with Crippen molar-refractivity contribution in [2.45, 2.75) is 81.8 Å². The molecule has 1 aromatic rings. The monoisotopic (exact) mass is 564 g/mol. The molecule has 2 aliphatic carbocycles. The van der Waals surface area contributed by atoms with Gasteiger partial charge in [-0.05, 0) is 44.3 Å². The third kappa shape index (κ3) is 9.27. The van der Waals surface area contributed by atoms with Gasteiger partial charge in [0, 0.05) is 29.4 Å². The molecule has 2 heterocycles. The van der Waals surface area contributed by atoms with Crippen molar-refractivity contribution in [1.29, 1.82) is 0 Å². The van der Waals surface area contributed by atoms with E-state index >= 15 is 0 Å². The number of pyridine rings is 1. The van der Waals surface area contributed by atoms with Crippen LogP contribution in [0.1, 0.15) is 63.9 Å². The largest absolute Gasteiger partial charge is 1.00 e. The molecule has 3 aliphatic rings. The Morgan fingerprint density at radius 1 is 1.35 bits per heavy atom. The summed E-state index contributed by atoms with van der Waals surface area (Å²) in [6, 6.07) is 2.72. The maximum atomic E-state index is 13.4. The van der Waals surface area contributed by atoms with E-state index in [1.807, 2.05) is 11.8 Å². The van der Waals surface area contributed by atoms with Gasteiger partial charge in [0.25, 0.3) is 0 Å². The van der Waals surface area contributed by atoms with Crippen LogP contribution in [0.2, 0.25) is 0 Å². The van der Waals surface area contributed by atoms with Crippen LogP contribution in [0, 0.1) is 43.2 Å². The van der Waals surface area contributed by atoms with Gasteiger partial charge >= 0.3 is 57.6 Å². The van der Waals surface area contributed by atoms with Gasteiger partial charge < -0.3 is 33.7 Å². The molecule has 0 spiro atoms. The molecule has 7 unspecified atom stereocenters. The Kier molecular flexibility index (Phi) is 14.1. The van der Waals surface area contributed by atoms with E-state index in [0.717, 1.165) is 63.6 Å². The van der Waals surface area contributed by atoms with E-state index in [0.29, 0.717) is 35.0 Å². The van der Waals surface area contributed by atoms with Gasteiger partial charge in [-0.25, -0.2) is 0 Å². The Morgan fingerprint density at radius 3 is 2.70 bits per heavy atom. The van der Waals surface area contributed by atoms with Gasteiger partial charge in [-0.2, -0.15) is 30.9 Å². The third-order valence-corrected chi connectivity index (χ3v) is 9.08. The zero-order valence-corrected chi connectivity index (χ0v) is 26.4. The molecule has 0 amide bonds. The first-order valence-corrected chi connectivity index (χ1v) is 14.3. The van der Waals surface area contributed by atoms with Crippen LogP contribution in [0.3, 0.4) is 0 Å². The molecule has 4 nitrogen and oxygen atoms in total. The van der Waals surface area contributed by atoms with Gasteiger partial charge in [-0.15, -0.1) is 18.1 Å². The first-order chi connectivity index (χ1) is 17.1. The minimum absolute atomic E-state index is 0. The van der Waals surface area contributed by atoms with Gasteiger partial charge in [-0.1, -0.05) is 44.1 Å². The summed E-state index contributed by atoms with van der Waals surface area (Å²) in [5.74, 6) is 1.37. The van der Waals surface area contributed by atoms with Gasteiger partial charge in [0.15, 0.2) is 0 Å². The van der Waals surface area contributed by atoms with Gasteiger partial charge in [-0.3, -0.25) is 0 Å². The molecule has 0 radical (unpaired) electrons. The number of hydrogen-bond donors (Lipinski definition) is 1. The molecular weight excluding hydrogens is 524 g/mol. The van der Waals surface area contributed by atoms with E-state index in [1.54, 1.807) is 0 Å². The predicted molar refractivity (Wildman–Crippen MR) is 138 cm³/mol. The molecule has 9 heteroatoms. The van der Waals surface area contributed by atoms with Crippen LogP contribution in [0.5, 0.6) is 0 Å². The number of nitrogens with zero attached hydrogens (tertiary/aromatic N) is 1. The third-order valence-electron chi connectivity index (χ3n) is 8.01. The molecule has 3 fully saturated rings. The maximum absolute atomic E-state index is 13.4. The Hall–Kier alpha value is 0.516. The number of thioether (sulfide) groups is 1. The van der Waals surface area contributed by atoms with Crippen LogP contribution in [0.25, 0.3) is 0 Å². The summed E-state index contributed by atoms with van der Waals surface area (Å²) in [6.07, 6.45) is 9.76. The summed E-state index contributed by atoms with van der Waals surface area (Å²) in [5, 5.41) is 4.47. The van der Waals surface area contributed by atoms with Crippen LogP contribution in [-0.2, 0) is 15.7 Å². The van der Waals surface area contributed by atoms with Gasteiger partial charge in [0.05, 0.1) is 6.61 Å². The molecule has 1 saturated heterocycles. The Morgan fingerprint density at radius 2 is 2.11 bits per heavy atom. The number of alkyl halides is 3. The number of ketones is 1. The van der Waals surface area contributed by atoms with Crippen LogP contribution < -0.4 is 56.7 Å². The van der Waals surface area contributed by atoms with Gasteiger partial charge in [0.1, 0.15) is 5.78 Å². The zero-order valence-electron chi connectivity index (χ0n) is 22.5. The van der Waals surface area contributed by atoms with E-state index in [2.05, 4.69) is 43.5 Å². The standard InChI is InChI=1S/C22H37NO2S.C6H3F3N.K/c1-15(2)7-8-16(3)21(24)22-10-5-6-17(22)12-18(13-22)23-19-9-11-25-14-20(19)26-4;7-6(8,9)5-1-3-10-4-2-5;/h15-20,23H,1,3,5-14H2,2,4H3;1-3H;/q-2;-1;+1. The fourth-order valence-corrected chi connectivity index (χ4v) is 6.90. The SMILES string of the molecule is FC(F)(F)c1c[c-]ncc1.[CH2-]C(C)CCC([CH2-])C(=O)C12CCCC1CC(NC1CCOCC1SC)C2.[K+]. The second-order valence-electron chi connectivity index (χ2n) is 10.7. The van der Waals surface area contributed by atoms with Crippen LogP contribution >= 0.6 is 11.8 Å². The molecule has 2 saturated carbocycles. The number of nitrogens with one attached hydrogen (secondary N) is 1. The fourth-order valence-electron chi connectivity index (χ4n) is 6.13. The summed E-state index contributed by atoms with van der Waals surface area (Å²) < 4.78 is 40.9. The Bertz CT molecular complexity index is 829. The summed E-state index contributed by atoms with van der Waals surface area (Å²) in [7, 11) is 0. The topological polar surface area (TPSA) is 51.2 Å². The summed E-state index contributed by atoms with van der Waals surface area (Å²) in [5.41, 5.74) is -0.809. The van der Waals surface area contributed by atoms with Crippen LogP contribution in [0.15, 0.2) is 18.3 Å². The molecule has 0 bridgehead atoms. The summed E-state index contributed by atoms with van der Waals surface area (Å²) in [4.78, 5) is 16.7. The van der Waals surface area contributed by atoms with E-state index in [9.17, 15) is 18.0 Å². The smallest absolute Gasteiger partial charge is 0.394 e. The number of fused-ring (bicyclic) bond motifs is 1. The Balaban J connectivity index is 0.000000369. The average molecular weight is 565 g/mol. The molecule has 0 aromatic carbocycles. The molecule has 1 aliphatic heterocycles. The van der Waals surface area contributed by atoms with Crippen molar-refractivity contribution >= 4 is 17.5 Å². The number of carbonyl (C=O) groups is 1. The first-order valence-electron chi connectivity index (χ1n) is 13.0. The van der Waals surface area contributed by atoms with Crippen molar-refractivity contribution in [1.82, 2.24) is 10.3 Å². The van der Waals surface area contributed by atoms with Crippen molar-refractivity contribution in [2.24, 2.45) is 23.2 Å². The number of hydrogen-bond acceptors (Lipinski definition) is 5. The number of halogens is 3. The molecule has 7 atom stereocenters. The molecule has 204 valence electrons. The number of ether oxygens (including phenoxy) is 1. The number of rotatable bonds is 8. The normalized spacial score (nSPS) is 30.9. The predicted octanol–water partition coefficient (Wildman–Crippen LogP) is 3.22. The first kappa shape index (κ1) is 33.7. The van der Waals surface area contributed by atoms with Crippen molar-refractivity contribution in [2.75, 3.05) is 19.5 Å². The fraction of sp³-hybridized carbons (Fsp3) is 0.714. The second-order valence-corrected chi connectivity index (χ2v) is 11.8. The van der Waals surface area contributed by atoms with Crippen molar-refractivity contribution < 1.29 is 74.1 Å².